The topological polar surface area (TPSA) is 67.1 Å². The molecule has 1 aromatic heterocycles. The maximum absolute atomic E-state index is 5.89. The molecule has 0 atom stereocenters. The Morgan fingerprint density at radius 2 is 1.91 bits per heavy atom. The maximum atomic E-state index is 5.89. The highest BCUT2D eigenvalue weighted by atomic mass is 35.5. The standard InChI is InChI=1S/C16H22ClN5/c1-11(2)22(3)10-13-7-5-4-6-12(13)9-19-15-8-14(17)20-16(18)21-15/h4-8,11H,9-10H2,1-3H3,(H3,18,19,20,21). The average Bonchev–Trinajstić information content (AvgIpc) is 2.45. The van der Waals surface area contributed by atoms with Gasteiger partial charge in [-0.2, -0.15) is 4.98 Å². The first-order chi connectivity index (χ1) is 10.5. The molecule has 0 spiro atoms. The molecule has 1 heterocycles. The Balaban J connectivity index is 2.09. The van der Waals surface area contributed by atoms with E-state index in [1.807, 2.05) is 6.07 Å². The lowest BCUT2D eigenvalue weighted by Crippen LogP contribution is -2.26. The number of halogens is 1. The SMILES string of the molecule is CC(C)N(C)Cc1ccccc1CNc1cc(Cl)nc(N)n1. The summed E-state index contributed by atoms with van der Waals surface area (Å²) in [4.78, 5) is 10.3. The second kappa shape index (κ2) is 7.42. The van der Waals surface area contributed by atoms with Crippen molar-refractivity contribution in [3.05, 3.63) is 46.6 Å². The zero-order valence-electron chi connectivity index (χ0n) is 13.2. The van der Waals surface area contributed by atoms with E-state index in [9.17, 15) is 0 Å². The molecule has 0 bridgehead atoms. The van der Waals surface area contributed by atoms with Crippen molar-refractivity contribution in [3.63, 3.8) is 0 Å². The van der Waals surface area contributed by atoms with E-state index in [1.165, 1.54) is 11.1 Å². The van der Waals surface area contributed by atoms with Crippen molar-refractivity contribution in [3.8, 4) is 0 Å². The highest BCUT2D eigenvalue weighted by molar-refractivity contribution is 6.29. The number of nitrogens with one attached hydrogen (secondary N) is 1. The normalized spacial score (nSPS) is 11.2. The highest BCUT2D eigenvalue weighted by Crippen LogP contribution is 2.16. The molecule has 5 nitrogen and oxygen atoms in total. The number of benzene rings is 1. The lowest BCUT2D eigenvalue weighted by atomic mass is 10.1. The molecule has 0 radical (unpaired) electrons. The van der Waals surface area contributed by atoms with Gasteiger partial charge >= 0.3 is 0 Å². The number of nitrogen functional groups attached to an aromatic ring is 1. The quantitative estimate of drug-likeness (QED) is 0.801. The molecule has 3 N–H and O–H groups in total. The number of nitrogens with two attached hydrogens (primary N) is 1. The number of anilines is 2. The molecule has 0 aliphatic carbocycles. The van der Waals surface area contributed by atoms with E-state index in [-0.39, 0.29) is 5.95 Å². The third kappa shape index (κ3) is 4.58. The lowest BCUT2D eigenvalue weighted by molar-refractivity contribution is 0.265. The molecule has 0 fully saturated rings. The van der Waals surface area contributed by atoms with E-state index >= 15 is 0 Å². The van der Waals surface area contributed by atoms with Gasteiger partial charge in [0, 0.05) is 25.2 Å². The van der Waals surface area contributed by atoms with Crippen molar-refractivity contribution in [1.82, 2.24) is 14.9 Å². The van der Waals surface area contributed by atoms with E-state index in [0.29, 0.717) is 23.6 Å². The Morgan fingerprint density at radius 1 is 1.23 bits per heavy atom. The van der Waals surface area contributed by atoms with E-state index in [2.05, 4.69) is 59.3 Å². The minimum atomic E-state index is 0.169. The zero-order chi connectivity index (χ0) is 16.1. The molecular weight excluding hydrogens is 298 g/mol. The Hall–Kier alpha value is -1.85. The van der Waals surface area contributed by atoms with Gasteiger partial charge in [-0.25, -0.2) is 4.98 Å². The third-order valence-electron chi connectivity index (χ3n) is 3.59. The van der Waals surface area contributed by atoms with Gasteiger partial charge in [0.15, 0.2) is 0 Å². The van der Waals surface area contributed by atoms with Crippen molar-refractivity contribution >= 4 is 23.4 Å². The molecule has 2 aromatic rings. The van der Waals surface area contributed by atoms with Crippen LogP contribution in [-0.2, 0) is 13.1 Å². The minimum absolute atomic E-state index is 0.169. The summed E-state index contributed by atoms with van der Waals surface area (Å²) in [5.41, 5.74) is 8.12. The smallest absolute Gasteiger partial charge is 0.223 e. The highest BCUT2D eigenvalue weighted by Gasteiger charge is 2.08. The monoisotopic (exact) mass is 319 g/mol. The van der Waals surface area contributed by atoms with Crippen LogP contribution in [0.15, 0.2) is 30.3 Å². The van der Waals surface area contributed by atoms with E-state index < -0.39 is 0 Å². The van der Waals surface area contributed by atoms with Crippen molar-refractivity contribution in [1.29, 1.82) is 0 Å². The summed E-state index contributed by atoms with van der Waals surface area (Å²) in [5, 5.41) is 3.59. The fraction of sp³-hybridized carbons (Fsp3) is 0.375. The van der Waals surface area contributed by atoms with Gasteiger partial charge in [-0.1, -0.05) is 35.9 Å². The van der Waals surface area contributed by atoms with E-state index in [4.69, 9.17) is 17.3 Å². The molecule has 22 heavy (non-hydrogen) atoms. The van der Waals surface area contributed by atoms with Crippen molar-refractivity contribution in [2.45, 2.75) is 33.0 Å². The summed E-state index contributed by atoms with van der Waals surface area (Å²) >= 11 is 5.89. The molecule has 1 aromatic carbocycles. The first-order valence-electron chi connectivity index (χ1n) is 7.26. The second-order valence-electron chi connectivity index (χ2n) is 5.57. The Bertz CT molecular complexity index is 609. The van der Waals surface area contributed by atoms with Crippen LogP contribution >= 0.6 is 11.6 Å². The molecular formula is C16H22ClN5. The third-order valence-corrected chi connectivity index (χ3v) is 3.79. The predicted octanol–water partition coefficient (Wildman–Crippen LogP) is 3.16. The second-order valence-corrected chi connectivity index (χ2v) is 5.95. The Kier molecular flexibility index (Phi) is 5.57. The molecule has 0 unspecified atom stereocenters. The number of nitrogens with zero attached hydrogens (tertiary/aromatic N) is 3. The van der Waals surface area contributed by atoms with Crippen LogP contribution in [0.25, 0.3) is 0 Å². The van der Waals surface area contributed by atoms with E-state index in [1.54, 1.807) is 6.07 Å². The number of hydrogen-bond acceptors (Lipinski definition) is 5. The van der Waals surface area contributed by atoms with Crippen LogP contribution in [0, 0.1) is 0 Å². The van der Waals surface area contributed by atoms with Gasteiger partial charge in [0.05, 0.1) is 0 Å². The van der Waals surface area contributed by atoms with Gasteiger partial charge in [-0.15, -0.1) is 0 Å². The van der Waals surface area contributed by atoms with Gasteiger partial charge in [0.25, 0.3) is 0 Å². The van der Waals surface area contributed by atoms with E-state index in [0.717, 1.165) is 6.54 Å². The van der Waals surface area contributed by atoms with Crippen LogP contribution in [0.4, 0.5) is 11.8 Å². The van der Waals surface area contributed by atoms with Gasteiger partial charge in [-0.05, 0) is 32.0 Å². The molecule has 0 amide bonds. The van der Waals surface area contributed by atoms with Crippen LogP contribution in [0.3, 0.4) is 0 Å². The lowest BCUT2D eigenvalue weighted by Gasteiger charge is -2.22. The molecule has 2 rings (SSSR count). The summed E-state index contributed by atoms with van der Waals surface area (Å²) in [7, 11) is 2.12. The zero-order valence-corrected chi connectivity index (χ0v) is 13.9. The number of rotatable bonds is 6. The molecule has 0 saturated carbocycles. The molecule has 0 aliphatic heterocycles. The van der Waals surface area contributed by atoms with Gasteiger partial charge in [0.2, 0.25) is 5.95 Å². The van der Waals surface area contributed by atoms with Crippen molar-refractivity contribution in [2.75, 3.05) is 18.1 Å². The molecule has 0 saturated heterocycles. The summed E-state index contributed by atoms with van der Waals surface area (Å²) in [6.07, 6.45) is 0. The van der Waals surface area contributed by atoms with Crippen molar-refractivity contribution in [2.24, 2.45) is 0 Å². The first-order valence-corrected chi connectivity index (χ1v) is 7.64. The fourth-order valence-corrected chi connectivity index (χ4v) is 2.24. The van der Waals surface area contributed by atoms with Crippen LogP contribution in [0.2, 0.25) is 5.15 Å². The van der Waals surface area contributed by atoms with Crippen molar-refractivity contribution < 1.29 is 0 Å². The number of aromatic nitrogens is 2. The maximum Gasteiger partial charge on any atom is 0.223 e. The summed E-state index contributed by atoms with van der Waals surface area (Å²) in [5.74, 6) is 0.798. The van der Waals surface area contributed by atoms with Crippen LogP contribution in [0.5, 0.6) is 0 Å². The Labute approximate surface area is 136 Å². The fourth-order valence-electron chi connectivity index (χ4n) is 2.05. The van der Waals surface area contributed by atoms with Gasteiger partial charge in [-0.3, -0.25) is 4.90 Å². The summed E-state index contributed by atoms with van der Waals surface area (Å²) in [6.45, 7) is 5.94. The first kappa shape index (κ1) is 16.5. The van der Waals surface area contributed by atoms with Crippen LogP contribution in [0.1, 0.15) is 25.0 Å². The minimum Gasteiger partial charge on any atom is -0.368 e. The molecule has 6 heteroatoms. The summed E-state index contributed by atoms with van der Waals surface area (Å²) < 4.78 is 0. The van der Waals surface area contributed by atoms with Gasteiger partial charge in [0.1, 0.15) is 11.0 Å². The number of hydrogen-bond donors (Lipinski definition) is 2. The molecule has 118 valence electrons. The molecule has 0 aliphatic rings. The Morgan fingerprint density at radius 3 is 2.55 bits per heavy atom. The van der Waals surface area contributed by atoms with Crippen LogP contribution in [-0.4, -0.2) is 28.0 Å². The van der Waals surface area contributed by atoms with Gasteiger partial charge < -0.3 is 11.1 Å². The predicted molar refractivity (Wildman–Crippen MR) is 91.8 cm³/mol. The largest absolute Gasteiger partial charge is 0.368 e. The summed E-state index contributed by atoms with van der Waals surface area (Å²) in [6, 6.07) is 10.5. The average molecular weight is 320 g/mol. The van der Waals surface area contributed by atoms with Crippen LogP contribution < -0.4 is 11.1 Å².